The van der Waals surface area contributed by atoms with Crippen molar-refractivity contribution in [3.63, 3.8) is 0 Å². The highest BCUT2D eigenvalue weighted by molar-refractivity contribution is 5.82. The van der Waals surface area contributed by atoms with E-state index < -0.39 is 5.41 Å². The van der Waals surface area contributed by atoms with Gasteiger partial charge in [0.1, 0.15) is 0 Å². The third kappa shape index (κ3) is 6.08. The van der Waals surface area contributed by atoms with Crippen LogP contribution in [0.25, 0.3) is 0 Å². The number of carbonyl (C=O) groups is 2. The third-order valence-corrected chi connectivity index (χ3v) is 3.65. The lowest BCUT2D eigenvalue weighted by atomic mass is 9.84. The Morgan fingerprint density at radius 2 is 1.79 bits per heavy atom. The fourth-order valence-corrected chi connectivity index (χ4v) is 2.03. The molecule has 0 heterocycles. The van der Waals surface area contributed by atoms with Crippen LogP contribution in [0.2, 0.25) is 0 Å². The predicted molar refractivity (Wildman–Crippen MR) is 78.8 cm³/mol. The van der Waals surface area contributed by atoms with Gasteiger partial charge in [0, 0.05) is 31.5 Å². The number of nitrogens with zero attached hydrogens (tertiary/aromatic N) is 1. The molecule has 0 spiro atoms. The largest absolute Gasteiger partial charge is 0.353 e. The number of hydrogen-bond acceptors (Lipinski definition) is 2. The van der Waals surface area contributed by atoms with Crippen LogP contribution in [-0.4, -0.2) is 35.8 Å². The van der Waals surface area contributed by atoms with E-state index in [1.54, 1.807) is 11.8 Å². The van der Waals surface area contributed by atoms with Gasteiger partial charge in [0.15, 0.2) is 0 Å². The number of hydrogen-bond donors (Lipinski definition) is 1. The standard InChI is InChI=1S/C15H30N2O2/c1-8-13(17(7)12(4)18)9-10-15(5,6)14(19)16-11(2)3/h11,13H,8-10H2,1-7H3,(H,16,19). The van der Waals surface area contributed by atoms with E-state index >= 15 is 0 Å². The van der Waals surface area contributed by atoms with E-state index in [1.807, 2.05) is 34.7 Å². The van der Waals surface area contributed by atoms with Gasteiger partial charge in [-0.3, -0.25) is 9.59 Å². The zero-order valence-corrected chi connectivity index (χ0v) is 13.5. The summed E-state index contributed by atoms with van der Waals surface area (Å²) in [7, 11) is 1.83. The van der Waals surface area contributed by atoms with Crippen LogP contribution in [0.4, 0.5) is 0 Å². The molecule has 0 aliphatic carbocycles. The molecule has 112 valence electrons. The van der Waals surface area contributed by atoms with Crippen molar-refractivity contribution >= 4 is 11.8 Å². The Hall–Kier alpha value is -1.06. The van der Waals surface area contributed by atoms with Gasteiger partial charge >= 0.3 is 0 Å². The molecule has 0 aromatic carbocycles. The summed E-state index contributed by atoms with van der Waals surface area (Å²) >= 11 is 0. The normalized spacial score (nSPS) is 13.3. The van der Waals surface area contributed by atoms with Crippen molar-refractivity contribution in [1.29, 1.82) is 0 Å². The van der Waals surface area contributed by atoms with E-state index in [-0.39, 0.29) is 23.9 Å². The fraction of sp³-hybridized carbons (Fsp3) is 0.867. The van der Waals surface area contributed by atoms with Crippen molar-refractivity contribution in [1.82, 2.24) is 10.2 Å². The third-order valence-electron chi connectivity index (χ3n) is 3.65. The molecule has 0 bridgehead atoms. The summed E-state index contributed by atoms with van der Waals surface area (Å²) in [5.74, 6) is 0.166. The fourth-order valence-electron chi connectivity index (χ4n) is 2.03. The maximum Gasteiger partial charge on any atom is 0.225 e. The molecular formula is C15H30N2O2. The highest BCUT2D eigenvalue weighted by atomic mass is 16.2. The van der Waals surface area contributed by atoms with Crippen LogP contribution >= 0.6 is 0 Å². The number of amides is 2. The maximum atomic E-state index is 12.1. The molecule has 0 fully saturated rings. The van der Waals surface area contributed by atoms with E-state index in [4.69, 9.17) is 0 Å². The first kappa shape index (κ1) is 17.9. The van der Waals surface area contributed by atoms with Crippen LogP contribution in [0.3, 0.4) is 0 Å². The second-order valence-electron chi connectivity index (χ2n) is 6.24. The average molecular weight is 270 g/mol. The van der Waals surface area contributed by atoms with Crippen LogP contribution in [-0.2, 0) is 9.59 Å². The molecule has 0 aliphatic rings. The maximum absolute atomic E-state index is 12.1. The van der Waals surface area contributed by atoms with Gasteiger partial charge in [-0.1, -0.05) is 20.8 Å². The summed E-state index contributed by atoms with van der Waals surface area (Å²) in [5.41, 5.74) is -0.394. The molecule has 0 aromatic heterocycles. The van der Waals surface area contributed by atoms with E-state index in [0.717, 1.165) is 19.3 Å². The van der Waals surface area contributed by atoms with E-state index in [0.29, 0.717) is 0 Å². The monoisotopic (exact) mass is 270 g/mol. The minimum Gasteiger partial charge on any atom is -0.353 e. The summed E-state index contributed by atoms with van der Waals surface area (Å²) in [6, 6.07) is 0.372. The van der Waals surface area contributed by atoms with E-state index in [9.17, 15) is 9.59 Å². The summed E-state index contributed by atoms with van der Waals surface area (Å²) in [4.78, 5) is 25.3. The molecule has 4 heteroatoms. The first-order chi connectivity index (χ1) is 8.61. The predicted octanol–water partition coefficient (Wildman–Crippen LogP) is 2.57. The van der Waals surface area contributed by atoms with Gasteiger partial charge < -0.3 is 10.2 Å². The van der Waals surface area contributed by atoms with Crippen molar-refractivity contribution < 1.29 is 9.59 Å². The number of rotatable bonds is 7. The Morgan fingerprint density at radius 1 is 1.26 bits per heavy atom. The van der Waals surface area contributed by atoms with Crippen LogP contribution < -0.4 is 5.32 Å². The molecule has 1 unspecified atom stereocenters. The zero-order valence-electron chi connectivity index (χ0n) is 13.5. The van der Waals surface area contributed by atoms with Crippen molar-refractivity contribution in [2.24, 2.45) is 5.41 Å². The molecule has 0 saturated heterocycles. The second kappa shape index (κ2) is 7.51. The van der Waals surface area contributed by atoms with Crippen LogP contribution in [0.15, 0.2) is 0 Å². The highest BCUT2D eigenvalue weighted by Crippen LogP contribution is 2.25. The van der Waals surface area contributed by atoms with Gasteiger partial charge in [-0.25, -0.2) is 0 Å². The van der Waals surface area contributed by atoms with Gasteiger partial charge in [-0.05, 0) is 33.1 Å². The SMILES string of the molecule is CCC(CCC(C)(C)C(=O)NC(C)C)N(C)C(C)=O. The van der Waals surface area contributed by atoms with Crippen molar-refractivity contribution in [2.75, 3.05) is 7.05 Å². The molecular weight excluding hydrogens is 240 g/mol. The summed E-state index contributed by atoms with van der Waals surface area (Å²) < 4.78 is 0. The molecule has 1 atom stereocenters. The topological polar surface area (TPSA) is 49.4 Å². The summed E-state index contributed by atoms with van der Waals surface area (Å²) in [6.45, 7) is 11.5. The average Bonchev–Trinajstić information content (AvgIpc) is 2.28. The molecule has 1 N–H and O–H groups in total. The molecule has 4 nitrogen and oxygen atoms in total. The van der Waals surface area contributed by atoms with Gasteiger partial charge in [0.2, 0.25) is 11.8 Å². The Morgan fingerprint density at radius 3 is 2.16 bits per heavy atom. The Bertz CT molecular complexity index is 311. The lowest BCUT2D eigenvalue weighted by Gasteiger charge is -2.31. The minimum atomic E-state index is -0.394. The Labute approximate surface area is 117 Å². The van der Waals surface area contributed by atoms with Crippen molar-refractivity contribution in [3.05, 3.63) is 0 Å². The van der Waals surface area contributed by atoms with Gasteiger partial charge in [0.05, 0.1) is 0 Å². The Balaban J connectivity index is 4.50. The van der Waals surface area contributed by atoms with E-state index in [1.165, 1.54) is 0 Å². The second-order valence-corrected chi connectivity index (χ2v) is 6.24. The van der Waals surface area contributed by atoms with Crippen LogP contribution in [0.1, 0.15) is 60.8 Å². The number of carbonyl (C=O) groups excluding carboxylic acids is 2. The molecule has 0 aromatic rings. The Kier molecular flexibility index (Phi) is 7.09. The number of nitrogens with one attached hydrogen (secondary N) is 1. The smallest absolute Gasteiger partial charge is 0.225 e. The van der Waals surface area contributed by atoms with Gasteiger partial charge in [-0.2, -0.15) is 0 Å². The first-order valence-electron chi connectivity index (χ1n) is 7.16. The lowest BCUT2D eigenvalue weighted by molar-refractivity contribution is -0.131. The summed E-state index contributed by atoms with van der Waals surface area (Å²) in [5, 5.41) is 2.96. The minimum absolute atomic E-state index is 0.0799. The summed E-state index contributed by atoms with van der Waals surface area (Å²) in [6.07, 6.45) is 2.55. The zero-order chi connectivity index (χ0) is 15.2. The highest BCUT2D eigenvalue weighted by Gasteiger charge is 2.29. The molecule has 0 saturated carbocycles. The van der Waals surface area contributed by atoms with Crippen molar-refractivity contribution in [2.45, 2.75) is 72.9 Å². The van der Waals surface area contributed by atoms with E-state index in [2.05, 4.69) is 12.2 Å². The van der Waals surface area contributed by atoms with Gasteiger partial charge in [-0.15, -0.1) is 0 Å². The molecule has 2 amide bonds. The van der Waals surface area contributed by atoms with Crippen LogP contribution in [0.5, 0.6) is 0 Å². The lowest BCUT2D eigenvalue weighted by Crippen LogP contribution is -2.42. The van der Waals surface area contributed by atoms with Gasteiger partial charge in [0.25, 0.3) is 0 Å². The first-order valence-corrected chi connectivity index (χ1v) is 7.16. The van der Waals surface area contributed by atoms with Crippen LogP contribution in [0, 0.1) is 5.41 Å². The molecule has 0 aliphatic heterocycles. The quantitative estimate of drug-likeness (QED) is 0.773. The van der Waals surface area contributed by atoms with Crippen molar-refractivity contribution in [3.8, 4) is 0 Å². The molecule has 0 rings (SSSR count). The molecule has 0 radical (unpaired) electrons. The molecule has 19 heavy (non-hydrogen) atoms.